The number of rotatable bonds is 8. The smallest absolute Gasteiger partial charge is 0.124 e. The number of hydrogen-bond acceptors (Lipinski definition) is 3. The molecule has 0 saturated carbocycles. The van der Waals surface area contributed by atoms with Crippen LogP contribution in [0.4, 0.5) is 4.39 Å². The summed E-state index contributed by atoms with van der Waals surface area (Å²) in [6.07, 6.45) is 1.37. The SMILES string of the molecule is CCCOCCOCc1cc(F)cc(C#CCCO)c1. The maximum atomic E-state index is 13.4. The van der Waals surface area contributed by atoms with Crippen molar-refractivity contribution < 1.29 is 19.0 Å². The maximum absolute atomic E-state index is 13.4. The Hall–Kier alpha value is -1.41. The Bertz CT molecular complexity index is 449. The van der Waals surface area contributed by atoms with Crippen LogP contribution < -0.4 is 0 Å². The van der Waals surface area contributed by atoms with Crippen LogP contribution in [-0.4, -0.2) is 31.5 Å². The predicted molar refractivity (Wildman–Crippen MR) is 75.7 cm³/mol. The van der Waals surface area contributed by atoms with E-state index in [0.29, 0.717) is 31.8 Å². The molecule has 0 aliphatic heterocycles. The molecule has 1 N–H and O–H groups in total. The van der Waals surface area contributed by atoms with Gasteiger partial charge in [-0.1, -0.05) is 18.8 Å². The molecule has 20 heavy (non-hydrogen) atoms. The second-order valence-corrected chi connectivity index (χ2v) is 4.29. The lowest BCUT2D eigenvalue weighted by atomic mass is 10.1. The lowest BCUT2D eigenvalue weighted by Crippen LogP contribution is -2.05. The number of benzene rings is 1. The molecule has 0 heterocycles. The van der Waals surface area contributed by atoms with E-state index >= 15 is 0 Å². The van der Waals surface area contributed by atoms with Crippen LogP contribution in [0, 0.1) is 17.7 Å². The Morgan fingerprint density at radius 3 is 2.70 bits per heavy atom. The highest BCUT2D eigenvalue weighted by atomic mass is 19.1. The Kier molecular flexibility index (Phi) is 8.64. The molecule has 3 nitrogen and oxygen atoms in total. The van der Waals surface area contributed by atoms with Crippen LogP contribution in [0.2, 0.25) is 0 Å². The van der Waals surface area contributed by atoms with Gasteiger partial charge in [0.2, 0.25) is 0 Å². The molecule has 0 radical (unpaired) electrons. The maximum Gasteiger partial charge on any atom is 0.124 e. The quantitative estimate of drug-likeness (QED) is 0.587. The Morgan fingerprint density at radius 2 is 1.95 bits per heavy atom. The molecule has 0 aromatic heterocycles. The van der Waals surface area contributed by atoms with Gasteiger partial charge in [0, 0.05) is 18.6 Å². The first-order valence-electron chi connectivity index (χ1n) is 6.81. The zero-order valence-electron chi connectivity index (χ0n) is 11.8. The molecule has 0 amide bonds. The van der Waals surface area contributed by atoms with Crippen LogP contribution in [0.1, 0.15) is 30.9 Å². The van der Waals surface area contributed by atoms with Gasteiger partial charge in [-0.05, 0) is 30.2 Å². The zero-order valence-corrected chi connectivity index (χ0v) is 11.8. The molecular weight excluding hydrogens is 259 g/mol. The van der Waals surface area contributed by atoms with Crippen LogP contribution in [0.15, 0.2) is 18.2 Å². The van der Waals surface area contributed by atoms with Gasteiger partial charge in [-0.15, -0.1) is 0 Å². The number of hydrogen-bond donors (Lipinski definition) is 1. The standard InChI is InChI=1S/C16H21FO3/c1-2-7-19-8-9-20-13-15-10-14(5-3-4-6-18)11-16(17)12-15/h10-12,18H,2,4,6-9,13H2,1H3. The highest BCUT2D eigenvalue weighted by molar-refractivity contribution is 5.37. The van der Waals surface area contributed by atoms with Crippen molar-refractivity contribution in [2.24, 2.45) is 0 Å². The molecule has 0 aliphatic rings. The normalized spacial score (nSPS) is 10.2. The van der Waals surface area contributed by atoms with Gasteiger partial charge in [-0.25, -0.2) is 4.39 Å². The van der Waals surface area contributed by atoms with Crippen LogP contribution in [0.3, 0.4) is 0 Å². The van der Waals surface area contributed by atoms with Crippen molar-refractivity contribution in [3.63, 3.8) is 0 Å². The minimum atomic E-state index is -0.332. The van der Waals surface area contributed by atoms with E-state index in [9.17, 15) is 4.39 Å². The van der Waals surface area contributed by atoms with Crippen molar-refractivity contribution in [1.29, 1.82) is 0 Å². The monoisotopic (exact) mass is 280 g/mol. The number of ether oxygens (including phenoxy) is 2. The summed E-state index contributed by atoms with van der Waals surface area (Å²) in [4.78, 5) is 0. The van der Waals surface area contributed by atoms with Gasteiger partial charge < -0.3 is 14.6 Å². The molecule has 0 spiro atoms. The largest absolute Gasteiger partial charge is 0.395 e. The number of aliphatic hydroxyl groups is 1. The molecule has 0 atom stereocenters. The average Bonchev–Trinajstić information content (AvgIpc) is 2.42. The second kappa shape index (κ2) is 10.4. The summed E-state index contributed by atoms with van der Waals surface area (Å²) in [5.74, 6) is 5.25. The lowest BCUT2D eigenvalue weighted by Gasteiger charge is -2.06. The van der Waals surface area contributed by atoms with Crippen molar-refractivity contribution in [1.82, 2.24) is 0 Å². The van der Waals surface area contributed by atoms with Crippen molar-refractivity contribution >= 4 is 0 Å². The average molecular weight is 280 g/mol. The van der Waals surface area contributed by atoms with E-state index in [2.05, 4.69) is 11.8 Å². The van der Waals surface area contributed by atoms with Gasteiger partial charge in [0.1, 0.15) is 5.82 Å². The van der Waals surface area contributed by atoms with Crippen molar-refractivity contribution in [2.75, 3.05) is 26.4 Å². The highest BCUT2D eigenvalue weighted by Gasteiger charge is 2.00. The molecule has 1 rings (SSSR count). The van der Waals surface area contributed by atoms with E-state index in [4.69, 9.17) is 14.6 Å². The first-order chi connectivity index (χ1) is 9.76. The molecule has 0 unspecified atom stereocenters. The summed E-state index contributed by atoms with van der Waals surface area (Å²) in [6.45, 7) is 4.16. The van der Waals surface area contributed by atoms with Crippen molar-refractivity contribution in [3.05, 3.63) is 35.1 Å². The van der Waals surface area contributed by atoms with Gasteiger partial charge in [0.15, 0.2) is 0 Å². The van der Waals surface area contributed by atoms with Crippen molar-refractivity contribution in [3.8, 4) is 11.8 Å². The zero-order chi connectivity index (χ0) is 14.6. The predicted octanol–water partition coefficient (Wildman–Crippen LogP) is 2.50. The lowest BCUT2D eigenvalue weighted by molar-refractivity contribution is 0.0407. The van der Waals surface area contributed by atoms with E-state index in [-0.39, 0.29) is 12.4 Å². The number of aliphatic hydroxyl groups excluding tert-OH is 1. The summed E-state index contributed by atoms with van der Waals surface area (Å²) in [5.41, 5.74) is 1.34. The molecule has 4 heteroatoms. The Morgan fingerprint density at radius 1 is 1.15 bits per heavy atom. The summed E-state index contributed by atoms with van der Waals surface area (Å²) >= 11 is 0. The van der Waals surface area contributed by atoms with Gasteiger partial charge in [-0.2, -0.15) is 0 Å². The molecule has 0 saturated heterocycles. The third-order valence-corrected chi connectivity index (χ3v) is 2.42. The van der Waals surface area contributed by atoms with E-state index in [1.54, 1.807) is 6.07 Å². The fourth-order valence-electron chi connectivity index (χ4n) is 1.58. The van der Waals surface area contributed by atoms with E-state index in [1.807, 2.05) is 6.92 Å². The van der Waals surface area contributed by atoms with Gasteiger partial charge >= 0.3 is 0 Å². The molecule has 0 aliphatic carbocycles. The van der Waals surface area contributed by atoms with E-state index in [0.717, 1.165) is 18.6 Å². The molecule has 0 bridgehead atoms. The Labute approximate surface area is 119 Å². The topological polar surface area (TPSA) is 38.7 Å². The summed E-state index contributed by atoms with van der Waals surface area (Å²) in [7, 11) is 0. The Balaban J connectivity index is 2.43. The summed E-state index contributed by atoms with van der Waals surface area (Å²) < 4.78 is 24.1. The highest BCUT2D eigenvalue weighted by Crippen LogP contribution is 2.09. The molecular formula is C16H21FO3. The van der Waals surface area contributed by atoms with Crippen LogP contribution in [0.5, 0.6) is 0 Å². The van der Waals surface area contributed by atoms with E-state index in [1.165, 1.54) is 12.1 Å². The fourth-order valence-corrected chi connectivity index (χ4v) is 1.58. The summed E-state index contributed by atoms with van der Waals surface area (Å²) in [5, 5.41) is 8.65. The third-order valence-electron chi connectivity index (χ3n) is 2.42. The summed E-state index contributed by atoms with van der Waals surface area (Å²) in [6, 6.07) is 4.60. The minimum Gasteiger partial charge on any atom is -0.395 e. The molecule has 110 valence electrons. The second-order valence-electron chi connectivity index (χ2n) is 4.29. The first-order valence-corrected chi connectivity index (χ1v) is 6.81. The molecule has 1 aromatic rings. The number of halogens is 1. The van der Waals surface area contributed by atoms with Gasteiger partial charge in [0.05, 0.1) is 26.4 Å². The molecule has 0 fully saturated rings. The van der Waals surface area contributed by atoms with E-state index < -0.39 is 0 Å². The molecule has 1 aromatic carbocycles. The third kappa shape index (κ3) is 7.25. The van der Waals surface area contributed by atoms with Gasteiger partial charge in [-0.3, -0.25) is 0 Å². The first kappa shape index (κ1) is 16.6. The van der Waals surface area contributed by atoms with Crippen LogP contribution >= 0.6 is 0 Å². The van der Waals surface area contributed by atoms with Crippen LogP contribution in [0.25, 0.3) is 0 Å². The minimum absolute atomic E-state index is 0.00996. The van der Waals surface area contributed by atoms with Crippen LogP contribution in [-0.2, 0) is 16.1 Å². The fraction of sp³-hybridized carbons (Fsp3) is 0.500. The van der Waals surface area contributed by atoms with Gasteiger partial charge in [0.25, 0.3) is 0 Å². The van der Waals surface area contributed by atoms with Crippen molar-refractivity contribution in [2.45, 2.75) is 26.4 Å².